The van der Waals surface area contributed by atoms with Crippen molar-refractivity contribution in [1.82, 2.24) is 5.32 Å². The number of carbonyl (C=O) groups excluding carboxylic acids is 2. The van der Waals surface area contributed by atoms with Gasteiger partial charge in [-0.3, -0.25) is 9.59 Å². The van der Waals surface area contributed by atoms with Crippen molar-refractivity contribution >= 4 is 23.0 Å². The molecule has 0 aliphatic rings. The van der Waals surface area contributed by atoms with Gasteiger partial charge in [0.2, 0.25) is 5.91 Å². The van der Waals surface area contributed by atoms with E-state index in [0.717, 1.165) is 11.1 Å². The first-order valence-electron chi connectivity index (χ1n) is 6.41. The molecule has 5 heteroatoms. The van der Waals surface area contributed by atoms with Crippen LogP contribution in [-0.2, 0) is 11.3 Å². The van der Waals surface area contributed by atoms with Crippen molar-refractivity contribution in [2.45, 2.75) is 13.5 Å². The molecule has 1 aromatic heterocycles. The molecule has 1 aromatic carbocycles. The van der Waals surface area contributed by atoms with Crippen LogP contribution in [-0.4, -0.2) is 11.7 Å². The van der Waals surface area contributed by atoms with E-state index in [2.05, 4.69) is 5.32 Å². The number of benzene rings is 1. The van der Waals surface area contributed by atoms with Gasteiger partial charge in [-0.1, -0.05) is 29.8 Å². The highest BCUT2D eigenvalue weighted by Crippen LogP contribution is 2.13. The van der Waals surface area contributed by atoms with E-state index in [9.17, 15) is 9.59 Å². The second kappa shape index (κ2) is 6.82. The van der Waals surface area contributed by atoms with E-state index in [0.29, 0.717) is 12.1 Å². The SMILES string of the molecule is Cc1ccc(CNC(=O)C(C#N)C(=O)c2ccsc2)cc1. The Morgan fingerprint density at radius 2 is 2.00 bits per heavy atom. The van der Waals surface area contributed by atoms with Gasteiger partial charge in [0.05, 0.1) is 6.07 Å². The third-order valence-electron chi connectivity index (χ3n) is 3.05. The molecule has 0 radical (unpaired) electrons. The molecular weight excluding hydrogens is 284 g/mol. The first kappa shape index (κ1) is 14.9. The summed E-state index contributed by atoms with van der Waals surface area (Å²) in [4.78, 5) is 24.1. The van der Waals surface area contributed by atoms with Gasteiger partial charge in [0.1, 0.15) is 0 Å². The van der Waals surface area contributed by atoms with Crippen LogP contribution in [0.1, 0.15) is 21.5 Å². The topological polar surface area (TPSA) is 70.0 Å². The molecule has 1 N–H and O–H groups in total. The van der Waals surface area contributed by atoms with Crippen molar-refractivity contribution in [3.05, 3.63) is 57.8 Å². The van der Waals surface area contributed by atoms with Crippen LogP contribution < -0.4 is 5.32 Å². The Hall–Kier alpha value is -2.45. The maximum atomic E-state index is 12.1. The minimum Gasteiger partial charge on any atom is -0.350 e. The zero-order valence-electron chi connectivity index (χ0n) is 11.5. The van der Waals surface area contributed by atoms with Gasteiger partial charge < -0.3 is 5.32 Å². The summed E-state index contributed by atoms with van der Waals surface area (Å²) in [6.45, 7) is 2.28. The van der Waals surface area contributed by atoms with E-state index in [-0.39, 0.29) is 0 Å². The average molecular weight is 298 g/mol. The molecule has 4 nitrogen and oxygen atoms in total. The lowest BCUT2D eigenvalue weighted by Crippen LogP contribution is -2.34. The van der Waals surface area contributed by atoms with Crippen molar-refractivity contribution in [2.75, 3.05) is 0 Å². The molecule has 1 unspecified atom stereocenters. The highest BCUT2D eigenvalue weighted by Gasteiger charge is 2.27. The molecule has 1 amide bonds. The highest BCUT2D eigenvalue weighted by molar-refractivity contribution is 7.08. The van der Waals surface area contributed by atoms with E-state index >= 15 is 0 Å². The van der Waals surface area contributed by atoms with Crippen LogP contribution in [0.4, 0.5) is 0 Å². The van der Waals surface area contributed by atoms with Crippen LogP contribution in [0.3, 0.4) is 0 Å². The lowest BCUT2D eigenvalue weighted by Gasteiger charge is -2.09. The first-order chi connectivity index (χ1) is 10.1. The molecule has 2 aromatic rings. The van der Waals surface area contributed by atoms with Gasteiger partial charge >= 0.3 is 0 Å². The number of thiophene rings is 1. The molecule has 0 fully saturated rings. The number of hydrogen-bond acceptors (Lipinski definition) is 4. The maximum Gasteiger partial charge on any atom is 0.245 e. The number of hydrogen-bond donors (Lipinski definition) is 1. The second-order valence-corrected chi connectivity index (χ2v) is 5.42. The number of carbonyl (C=O) groups is 2. The minimum atomic E-state index is -1.30. The van der Waals surface area contributed by atoms with Crippen molar-refractivity contribution in [2.24, 2.45) is 5.92 Å². The zero-order chi connectivity index (χ0) is 15.2. The Labute approximate surface area is 127 Å². The summed E-state index contributed by atoms with van der Waals surface area (Å²) in [5.41, 5.74) is 2.46. The van der Waals surface area contributed by atoms with Crippen molar-refractivity contribution in [3.8, 4) is 6.07 Å². The molecule has 0 aliphatic heterocycles. The fourth-order valence-corrected chi connectivity index (χ4v) is 2.45. The van der Waals surface area contributed by atoms with E-state index in [4.69, 9.17) is 5.26 Å². The first-order valence-corrected chi connectivity index (χ1v) is 7.35. The summed E-state index contributed by atoms with van der Waals surface area (Å²) >= 11 is 1.36. The molecule has 0 bridgehead atoms. The predicted octanol–water partition coefficient (Wildman–Crippen LogP) is 2.70. The molecule has 1 heterocycles. The van der Waals surface area contributed by atoms with Gasteiger partial charge in [-0.2, -0.15) is 16.6 Å². The number of nitrogens with one attached hydrogen (secondary N) is 1. The fraction of sp³-hybridized carbons (Fsp3) is 0.188. The Balaban J connectivity index is 1.99. The zero-order valence-corrected chi connectivity index (χ0v) is 12.3. The van der Waals surface area contributed by atoms with Gasteiger partial charge in [0.15, 0.2) is 11.7 Å². The van der Waals surface area contributed by atoms with Crippen molar-refractivity contribution in [1.29, 1.82) is 5.26 Å². The maximum absolute atomic E-state index is 12.1. The Morgan fingerprint density at radius 1 is 1.29 bits per heavy atom. The Bertz CT molecular complexity index is 669. The van der Waals surface area contributed by atoms with Crippen LogP contribution >= 0.6 is 11.3 Å². The van der Waals surface area contributed by atoms with E-state index in [1.165, 1.54) is 11.3 Å². The number of nitriles is 1. The fourth-order valence-electron chi connectivity index (χ4n) is 1.80. The number of nitrogens with zero attached hydrogens (tertiary/aromatic N) is 1. The summed E-state index contributed by atoms with van der Waals surface area (Å²) in [5, 5.41) is 15.1. The number of aryl methyl sites for hydroxylation is 1. The largest absolute Gasteiger partial charge is 0.350 e. The predicted molar refractivity (Wildman–Crippen MR) is 80.8 cm³/mol. The van der Waals surface area contributed by atoms with Crippen molar-refractivity contribution in [3.63, 3.8) is 0 Å². The standard InChI is InChI=1S/C16H14N2O2S/c1-11-2-4-12(5-3-11)9-18-16(20)14(8-17)15(19)13-6-7-21-10-13/h2-7,10,14H,9H2,1H3,(H,18,20). The molecule has 0 saturated carbocycles. The smallest absolute Gasteiger partial charge is 0.245 e. The van der Waals surface area contributed by atoms with Gasteiger partial charge in [-0.05, 0) is 23.9 Å². The lowest BCUT2D eigenvalue weighted by atomic mass is 10.0. The third kappa shape index (κ3) is 3.77. The number of rotatable bonds is 5. The van der Waals surface area contributed by atoms with Crippen LogP contribution in [0.25, 0.3) is 0 Å². The van der Waals surface area contributed by atoms with E-state index in [1.54, 1.807) is 22.9 Å². The van der Waals surface area contributed by atoms with Crippen LogP contribution in [0.15, 0.2) is 41.1 Å². The van der Waals surface area contributed by atoms with Gasteiger partial charge in [0, 0.05) is 17.5 Å². The molecule has 21 heavy (non-hydrogen) atoms. The molecule has 1 atom stereocenters. The van der Waals surface area contributed by atoms with Gasteiger partial charge in [-0.15, -0.1) is 0 Å². The summed E-state index contributed by atoms with van der Waals surface area (Å²) < 4.78 is 0. The van der Waals surface area contributed by atoms with E-state index < -0.39 is 17.6 Å². The molecular formula is C16H14N2O2S. The molecule has 0 aliphatic carbocycles. The second-order valence-electron chi connectivity index (χ2n) is 4.64. The Morgan fingerprint density at radius 3 is 2.57 bits per heavy atom. The average Bonchev–Trinajstić information content (AvgIpc) is 3.01. The molecule has 2 rings (SSSR count). The van der Waals surface area contributed by atoms with Crippen LogP contribution in [0.2, 0.25) is 0 Å². The number of amides is 1. The quantitative estimate of drug-likeness (QED) is 0.681. The monoisotopic (exact) mass is 298 g/mol. The minimum absolute atomic E-state index is 0.300. The summed E-state index contributed by atoms with van der Waals surface area (Å²) in [6, 6.07) is 11.1. The van der Waals surface area contributed by atoms with Gasteiger partial charge in [-0.25, -0.2) is 0 Å². The normalized spacial score (nSPS) is 11.4. The molecule has 0 saturated heterocycles. The van der Waals surface area contributed by atoms with Crippen molar-refractivity contribution < 1.29 is 9.59 Å². The number of Topliss-reactive ketones (excluding diaryl/α,β-unsaturated/α-hetero) is 1. The van der Waals surface area contributed by atoms with E-state index in [1.807, 2.05) is 31.2 Å². The molecule has 0 spiro atoms. The van der Waals surface area contributed by atoms with Crippen LogP contribution in [0, 0.1) is 24.2 Å². The lowest BCUT2D eigenvalue weighted by molar-refractivity contribution is -0.122. The highest BCUT2D eigenvalue weighted by atomic mass is 32.1. The summed E-state index contributed by atoms with van der Waals surface area (Å²) in [5.74, 6) is -2.32. The number of ketones is 1. The third-order valence-corrected chi connectivity index (χ3v) is 3.73. The Kier molecular flexibility index (Phi) is 4.85. The summed E-state index contributed by atoms with van der Waals surface area (Å²) in [7, 11) is 0. The van der Waals surface area contributed by atoms with Gasteiger partial charge in [0.25, 0.3) is 0 Å². The molecule has 106 valence electrons. The summed E-state index contributed by atoms with van der Waals surface area (Å²) in [6.07, 6.45) is 0. The van der Waals surface area contributed by atoms with Crippen LogP contribution in [0.5, 0.6) is 0 Å².